The van der Waals surface area contributed by atoms with Crippen LogP contribution >= 0.6 is 33.9 Å². The molecule has 0 radical (unpaired) electrons. The highest BCUT2D eigenvalue weighted by atomic mass is 127. The zero-order chi connectivity index (χ0) is 14.8. The quantitative estimate of drug-likeness (QED) is 0.674. The Balaban J connectivity index is 1.76. The molecule has 1 aromatic carbocycles. The zero-order valence-corrected chi connectivity index (χ0v) is 14.1. The lowest BCUT2D eigenvalue weighted by Gasteiger charge is -2.05. The zero-order valence-electron chi connectivity index (χ0n) is 11.1. The number of anilines is 1. The van der Waals surface area contributed by atoms with Crippen molar-refractivity contribution < 1.29 is 4.79 Å². The first-order valence-corrected chi connectivity index (χ1v) is 8.09. The maximum atomic E-state index is 12.1. The SMILES string of the molecule is Cn1cnnc1-c1ccc(NC(=O)c2csc(I)c2)cc1. The van der Waals surface area contributed by atoms with Crippen molar-refractivity contribution in [3.05, 3.63) is 50.5 Å². The Kier molecular flexibility index (Phi) is 4.02. The number of halogens is 1. The van der Waals surface area contributed by atoms with Crippen LogP contribution in [0.3, 0.4) is 0 Å². The van der Waals surface area contributed by atoms with E-state index in [1.807, 2.05) is 47.3 Å². The van der Waals surface area contributed by atoms with Crippen LogP contribution in [0.2, 0.25) is 0 Å². The first-order chi connectivity index (χ1) is 10.1. The normalized spacial score (nSPS) is 10.6. The van der Waals surface area contributed by atoms with E-state index in [0.717, 1.165) is 20.0 Å². The maximum absolute atomic E-state index is 12.1. The van der Waals surface area contributed by atoms with Gasteiger partial charge in [-0.3, -0.25) is 4.79 Å². The summed E-state index contributed by atoms with van der Waals surface area (Å²) in [4.78, 5) is 12.1. The van der Waals surface area contributed by atoms with Gasteiger partial charge in [0.1, 0.15) is 6.33 Å². The molecule has 0 unspecified atom stereocenters. The number of hydrogen-bond acceptors (Lipinski definition) is 4. The van der Waals surface area contributed by atoms with E-state index >= 15 is 0 Å². The summed E-state index contributed by atoms with van der Waals surface area (Å²) in [6.07, 6.45) is 1.66. The molecule has 5 nitrogen and oxygen atoms in total. The minimum absolute atomic E-state index is 0.0967. The number of benzene rings is 1. The maximum Gasteiger partial charge on any atom is 0.256 e. The molecule has 0 bridgehead atoms. The molecule has 2 heterocycles. The van der Waals surface area contributed by atoms with Crippen LogP contribution in [-0.2, 0) is 7.05 Å². The Morgan fingerprint density at radius 3 is 2.67 bits per heavy atom. The second-order valence-corrected chi connectivity index (χ2v) is 7.24. The van der Waals surface area contributed by atoms with Gasteiger partial charge in [-0.15, -0.1) is 21.5 Å². The largest absolute Gasteiger partial charge is 0.322 e. The van der Waals surface area contributed by atoms with Crippen molar-refractivity contribution in [2.45, 2.75) is 0 Å². The third kappa shape index (κ3) is 3.13. The van der Waals surface area contributed by atoms with Crippen molar-refractivity contribution in [2.75, 3.05) is 5.32 Å². The van der Waals surface area contributed by atoms with Gasteiger partial charge in [0.25, 0.3) is 5.91 Å². The Bertz CT molecular complexity index is 778. The molecule has 0 aliphatic carbocycles. The first kappa shape index (κ1) is 14.2. The lowest BCUT2D eigenvalue weighted by Crippen LogP contribution is -2.10. The van der Waals surface area contributed by atoms with Crippen molar-refractivity contribution in [2.24, 2.45) is 7.05 Å². The molecule has 21 heavy (non-hydrogen) atoms. The number of aryl methyl sites for hydroxylation is 1. The predicted molar refractivity (Wildman–Crippen MR) is 91.4 cm³/mol. The van der Waals surface area contributed by atoms with E-state index in [0.29, 0.717) is 5.56 Å². The summed E-state index contributed by atoms with van der Waals surface area (Å²) in [6, 6.07) is 9.42. The van der Waals surface area contributed by atoms with Gasteiger partial charge in [0.2, 0.25) is 0 Å². The molecule has 2 aromatic heterocycles. The second-order valence-electron chi connectivity index (χ2n) is 4.44. The van der Waals surface area contributed by atoms with E-state index in [1.54, 1.807) is 17.7 Å². The number of rotatable bonds is 3. The summed E-state index contributed by atoms with van der Waals surface area (Å²) in [7, 11) is 1.89. The van der Waals surface area contributed by atoms with E-state index in [4.69, 9.17) is 0 Å². The van der Waals surface area contributed by atoms with Crippen LogP contribution < -0.4 is 5.32 Å². The Morgan fingerprint density at radius 2 is 2.10 bits per heavy atom. The second kappa shape index (κ2) is 5.94. The van der Waals surface area contributed by atoms with Gasteiger partial charge in [0.05, 0.1) is 8.45 Å². The fraction of sp³-hybridized carbons (Fsp3) is 0.0714. The third-order valence-corrected chi connectivity index (χ3v) is 4.73. The van der Waals surface area contributed by atoms with Gasteiger partial charge in [-0.2, -0.15) is 0 Å². The van der Waals surface area contributed by atoms with Gasteiger partial charge < -0.3 is 9.88 Å². The molecule has 0 atom stereocenters. The highest BCUT2D eigenvalue weighted by molar-refractivity contribution is 14.1. The Hall–Kier alpha value is -1.74. The van der Waals surface area contributed by atoms with Crippen molar-refractivity contribution in [1.29, 1.82) is 0 Å². The number of aromatic nitrogens is 3. The number of carbonyl (C=O) groups excluding carboxylic acids is 1. The summed E-state index contributed by atoms with van der Waals surface area (Å²) < 4.78 is 2.94. The number of nitrogens with zero attached hydrogens (tertiary/aromatic N) is 3. The van der Waals surface area contributed by atoms with Crippen LogP contribution in [0.1, 0.15) is 10.4 Å². The van der Waals surface area contributed by atoms with Gasteiger partial charge in [0, 0.05) is 23.7 Å². The molecule has 0 aliphatic heterocycles. The highest BCUT2D eigenvalue weighted by Gasteiger charge is 2.09. The molecule has 1 amide bonds. The average molecular weight is 410 g/mol. The minimum Gasteiger partial charge on any atom is -0.322 e. The summed E-state index contributed by atoms with van der Waals surface area (Å²) in [5, 5.41) is 12.6. The van der Waals surface area contributed by atoms with E-state index in [-0.39, 0.29) is 5.91 Å². The van der Waals surface area contributed by atoms with Crippen molar-refractivity contribution in [1.82, 2.24) is 14.8 Å². The summed E-state index contributed by atoms with van der Waals surface area (Å²) in [5.41, 5.74) is 2.40. The smallest absolute Gasteiger partial charge is 0.256 e. The molecule has 7 heteroatoms. The van der Waals surface area contributed by atoms with Crippen LogP contribution in [0.5, 0.6) is 0 Å². The third-order valence-electron chi connectivity index (χ3n) is 2.94. The number of carbonyl (C=O) groups is 1. The molecule has 3 rings (SSSR count). The van der Waals surface area contributed by atoms with Gasteiger partial charge >= 0.3 is 0 Å². The van der Waals surface area contributed by atoms with Crippen molar-refractivity contribution in [3.8, 4) is 11.4 Å². The standard InChI is InChI=1S/C14H11IN4OS/c1-19-8-16-18-13(19)9-2-4-11(5-3-9)17-14(20)10-6-12(15)21-7-10/h2-8H,1H3,(H,17,20). The van der Waals surface area contributed by atoms with Crippen LogP contribution in [-0.4, -0.2) is 20.7 Å². The number of hydrogen-bond donors (Lipinski definition) is 1. The number of nitrogens with one attached hydrogen (secondary N) is 1. The highest BCUT2D eigenvalue weighted by Crippen LogP contribution is 2.21. The summed E-state index contributed by atoms with van der Waals surface area (Å²) in [5.74, 6) is 0.695. The molecule has 3 aromatic rings. The average Bonchev–Trinajstić information content (AvgIpc) is 3.08. The molecule has 0 aliphatic rings. The van der Waals surface area contributed by atoms with Crippen LogP contribution in [0.25, 0.3) is 11.4 Å². The summed E-state index contributed by atoms with van der Waals surface area (Å²) >= 11 is 3.76. The Morgan fingerprint density at radius 1 is 1.33 bits per heavy atom. The van der Waals surface area contributed by atoms with Gasteiger partial charge in [-0.1, -0.05) is 0 Å². The van der Waals surface area contributed by atoms with Crippen LogP contribution in [0.15, 0.2) is 42.0 Å². The molecule has 0 fully saturated rings. The Labute approximate surface area is 139 Å². The monoisotopic (exact) mass is 410 g/mol. The fourth-order valence-electron chi connectivity index (χ4n) is 1.88. The lowest BCUT2D eigenvalue weighted by atomic mass is 10.2. The summed E-state index contributed by atoms with van der Waals surface area (Å²) in [6.45, 7) is 0. The van der Waals surface area contributed by atoms with E-state index in [2.05, 4.69) is 38.1 Å². The minimum atomic E-state index is -0.0967. The molecule has 0 saturated carbocycles. The van der Waals surface area contributed by atoms with Gasteiger partial charge in [-0.05, 0) is 52.9 Å². The van der Waals surface area contributed by atoms with Crippen molar-refractivity contribution in [3.63, 3.8) is 0 Å². The molecule has 0 spiro atoms. The fourth-order valence-corrected chi connectivity index (χ4v) is 3.21. The van der Waals surface area contributed by atoms with Crippen LogP contribution in [0, 0.1) is 2.88 Å². The first-order valence-electron chi connectivity index (χ1n) is 6.13. The van der Waals surface area contributed by atoms with Gasteiger partial charge in [-0.25, -0.2) is 0 Å². The topological polar surface area (TPSA) is 59.8 Å². The number of amides is 1. The molecular formula is C14H11IN4OS. The molecule has 0 saturated heterocycles. The van der Waals surface area contributed by atoms with Crippen molar-refractivity contribution >= 4 is 45.5 Å². The van der Waals surface area contributed by atoms with E-state index in [9.17, 15) is 4.79 Å². The van der Waals surface area contributed by atoms with E-state index in [1.165, 1.54) is 0 Å². The van der Waals surface area contributed by atoms with E-state index < -0.39 is 0 Å². The molecule has 1 N–H and O–H groups in total. The van der Waals surface area contributed by atoms with Crippen LogP contribution in [0.4, 0.5) is 5.69 Å². The molecule has 106 valence electrons. The predicted octanol–water partition coefficient (Wildman–Crippen LogP) is 3.40. The van der Waals surface area contributed by atoms with Gasteiger partial charge in [0.15, 0.2) is 5.82 Å². The molecular weight excluding hydrogens is 399 g/mol. The lowest BCUT2D eigenvalue weighted by molar-refractivity contribution is 0.102. The number of thiophene rings is 1.